The third kappa shape index (κ3) is 42.5. The van der Waals surface area contributed by atoms with E-state index in [1.807, 2.05) is 0 Å². The Kier molecular flexibility index (Phi) is 42.6. The van der Waals surface area contributed by atoms with Crippen LogP contribution in [0.4, 0.5) is 0 Å². The van der Waals surface area contributed by atoms with Crippen molar-refractivity contribution in [2.24, 2.45) is 0 Å². The van der Waals surface area contributed by atoms with Gasteiger partial charge in [-0.1, -0.05) is 170 Å². The van der Waals surface area contributed by atoms with Crippen molar-refractivity contribution in [1.29, 1.82) is 0 Å². The smallest absolute Gasteiger partial charge is 0.328 e. The van der Waals surface area contributed by atoms with E-state index in [1.54, 1.807) is 0 Å². The van der Waals surface area contributed by atoms with E-state index in [1.165, 1.54) is 44.9 Å². The van der Waals surface area contributed by atoms with E-state index in [9.17, 15) is 19.2 Å². The summed E-state index contributed by atoms with van der Waals surface area (Å²) in [7, 11) is 0. The van der Waals surface area contributed by atoms with Crippen LogP contribution in [0.3, 0.4) is 0 Å². The van der Waals surface area contributed by atoms with Gasteiger partial charge in [-0.25, -0.2) is 4.79 Å². The molecular formula is C52H86N2O7. The first-order valence-corrected chi connectivity index (χ1v) is 24.0. The molecule has 0 rings (SSSR count). The van der Waals surface area contributed by atoms with E-state index in [-0.39, 0.29) is 24.5 Å². The first-order chi connectivity index (χ1) is 29.8. The minimum atomic E-state index is -1.39. The summed E-state index contributed by atoms with van der Waals surface area (Å²) in [5.41, 5.74) is 0. The molecule has 0 aliphatic heterocycles. The second-order valence-corrected chi connectivity index (χ2v) is 15.8. The summed E-state index contributed by atoms with van der Waals surface area (Å²) in [5.74, 6) is -2.36. The van der Waals surface area contributed by atoms with Crippen molar-refractivity contribution in [3.63, 3.8) is 0 Å². The Bertz CT molecular complexity index is 1300. The lowest BCUT2D eigenvalue weighted by Crippen LogP contribution is -2.47. The van der Waals surface area contributed by atoms with Gasteiger partial charge in [0.05, 0.1) is 13.2 Å². The predicted octanol–water partition coefficient (Wildman–Crippen LogP) is 12.4. The van der Waals surface area contributed by atoms with Gasteiger partial charge in [-0.3, -0.25) is 14.4 Å². The number of carboxylic acid groups (broad SMARTS) is 1. The zero-order valence-electron chi connectivity index (χ0n) is 38.4. The van der Waals surface area contributed by atoms with Crippen LogP contribution in [0.5, 0.6) is 0 Å². The molecule has 2 unspecified atom stereocenters. The monoisotopic (exact) mass is 851 g/mol. The molecule has 0 aliphatic rings. The van der Waals surface area contributed by atoms with Crippen molar-refractivity contribution in [3.8, 4) is 0 Å². The van der Waals surface area contributed by atoms with Crippen LogP contribution in [0, 0.1) is 0 Å². The molecule has 61 heavy (non-hydrogen) atoms. The van der Waals surface area contributed by atoms with Crippen LogP contribution in [0.1, 0.15) is 194 Å². The number of aliphatic hydroxyl groups is 1. The van der Waals surface area contributed by atoms with Crippen LogP contribution in [0.2, 0.25) is 0 Å². The van der Waals surface area contributed by atoms with Gasteiger partial charge in [0.25, 0.3) is 0 Å². The number of allylic oxidation sites excluding steroid dienone is 13. The summed E-state index contributed by atoms with van der Waals surface area (Å²) in [4.78, 5) is 47.5. The van der Waals surface area contributed by atoms with Crippen molar-refractivity contribution < 1.29 is 34.1 Å². The van der Waals surface area contributed by atoms with E-state index >= 15 is 0 Å². The fraction of sp³-hybridized carbons (Fsp3) is 0.654. The summed E-state index contributed by atoms with van der Waals surface area (Å²) in [6.45, 7) is 3.35. The number of unbranched alkanes of at least 4 members (excludes halogenated alkanes) is 16. The topological polar surface area (TPSA) is 142 Å². The Balaban J connectivity index is 4.28. The summed E-state index contributed by atoms with van der Waals surface area (Å²) in [6.07, 6.45) is 59.2. The number of aliphatic carboxylic acids is 1. The molecular weight excluding hydrogens is 765 g/mol. The van der Waals surface area contributed by atoms with Crippen molar-refractivity contribution >= 4 is 23.8 Å². The molecule has 0 aromatic rings. The molecule has 9 nitrogen and oxygen atoms in total. The Morgan fingerprint density at radius 1 is 0.525 bits per heavy atom. The molecule has 0 radical (unpaired) electrons. The molecule has 0 spiro atoms. The number of hydrogen-bond donors (Lipinski definition) is 4. The van der Waals surface area contributed by atoms with Crippen molar-refractivity contribution in [2.75, 3.05) is 13.2 Å². The van der Waals surface area contributed by atoms with Gasteiger partial charge < -0.3 is 25.6 Å². The Hall–Kier alpha value is -3.98. The minimum Gasteiger partial charge on any atom is -0.480 e. The molecule has 9 heteroatoms. The zero-order valence-corrected chi connectivity index (χ0v) is 38.4. The first kappa shape index (κ1) is 57.0. The van der Waals surface area contributed by atoms with Crippen molar-refractivity contribution in [2.45, 2.75) is 206 Å². The van der Waals surface area contributed by atoms with Gasteiger partial charge in [0, 0.05) is 12.8 Å². The minimum absolute atomic E-state index is 0.103. The summed E-state index contributed by atoms with van der Waals surface area (Å²) >= 11 is 0. The highest BCUT2D eigenvalue weighted by Gasteiger charge is 2.18. The Morgan fingerprint density at radius 3 is 1.51 bits per heavy atom. The van der Waals surface area contributed by atoms with Gasteiger partial charge in [0.2, 0.25) is 11.8 Å². The van der Waals surface area contributed by atoms with Crippen molar-refractivity contribution in [1.82, 2.24) is 10.6 Å². The van der Waals surface area contributed by atoms with Gasteiger partial charge in [-0.05, 0) is 96.0 Å². The number of carboxylic acids is 1. The van der Waals surface area contributed by atoms with Gasteiger partial charge >= 0.3 is 11.9 Å². The lowest BCUT2D eigenvalue weighted by Gasteiger charge is -2.15. The SMILES string of the molecule is CC/C=C\C/C=C\C/C=C\C/C=C\C/C=C\C/C=C\CCCCCCC(=O)OC(/C=C\CCCCCCCCC)CCCCCCCCC(=O)NCC(=O)NC(CO)C(=O)O. The second kappa shape index (κ2) is 45.5. The van der Waals surface area contributed by atoms with Crippen LogP contribution in [0.15, 0.2) is 85.1 Å². The zero-order chi connectivity index (χ0) is 44.7. The number of amides is 2. The van der Waals surface area contributed by atoms with E-state index in [2.05, 4.69) is 110 Å². The number of esters is 1. The fourth-order valence-corrected chi connectivity index (χ4v) is 6.45. The number of rotatable bonds is 42. The van der Waals surface area contributed by atoms with Crippen LogP contribution in [0.25, 0.3) is 0 Å². The molecule has 346 valence electrons. The van der Waals surface area contributed by atoms with Crippen LogP contribution < -0.4 is 10.6 Å². The maximum absolute atomic E-state index is 12.8. The van der Waals surface area contributed by atoms with Gasteiger partial charge in [-0.2, -0.15) is 0 Å². The lowest BCUT2D eigenvalue weighted by molar-refractivity contribution is -0.147. The standard InChI is InChI=1S/C52H86N2O7/c1-3-5-7-9-11-13-14-15-16-17-18-19-20-21-22-23-24-25-26-28-30-36-40-44-51(58)61-47(41-37-33-29-27-12-10-8-6-4-2)42-38-34-31-32-35-39-43-49(56)53-45-50(57)54-48(46-55)52(59)60/h5,7,11,13,15-16,18-19,21-22,24-25,37,41,47-48,55H,3-4,6,8-10,12,14,17,20,23,26-36,38-40,42-46H2,1-2H3,(H,53,56)(H,54,57)(H,59,60)/b7-5-,13-11-,16-15-,19-18-,22-21-,25-24-,41-37-. The number of hydrogen-bond acceptors (Lipinski definition) is 6. The molecule has 4 N–H and O–H groups in total. The second-order valence-electron chi connectivity index (χ2n) is 15.8. The highest BCUT2D eigenvalue weighted by molar-refractivity contribution is 5.87. The average Bonchev–Trinajstić information content (AvgIpc) is 3.25. The normalized spacial score (nSPS) is 13.2. The molecule has 0 fully saturated rings. The molecule has 0 bridgehead atoms. The number of carbonyl (C=O) groups excluding carboxylic acids is 3. The Morgan fingerprint density at radius 2 is 0.984 bits per heavy atom. The average molecular weight is 851 g/mol. The quantitative estimate of drug-likeness (QED) is 0.0272. The van der Waals surface area contributed by atoms with Crippen LogP contribution >= 0.6 is 0 Å². The van der Waals surface area contributed by atoms with Gasteiger partial charge in [-0.15, -0.1) is 0 Å². The molecule has 0 aliphatic carbocycles. The summed E-state index contributed by atoms with van der Waals surface area (Å²) in [6, 6.07) is -1.39. The van der Waals surface area contributed by atoms with Gasteiger partial charge in [0.1, 0.15) is 12.1 Å². The molecule has 0 saturated heterocycles. The maximum Gasteiger partial charge on any atom is 0.328 e. The number of nitrogens with one attached hydrogen (secondary N) is 2. The highest BCUT2D eigenvalue weighted by Crippen LogP contribution is 2.16. The predicted molar refractivity (Wildman–Crippen MR) is 254 cm³/mol. The fourth-order valence-electron chi connectivity index (χ4n) is 6.45. The molecule has 0 saturated carbocycles. The van der Waals surface area contributed by atoms with E-state index < -0.39 is 24.5 Å². The van der Waals surface area contributed by atoms with Crippen LogP contribution in [-0.4, -0.2) is 59.3 Å². The summed E-state index contributed by atoms with van der Waals surface area (Å²) < 4.78 is 5.95. The number of carbonyl (C=O) groups is 4. The largest absolute Gasteiger partial charge is 0.480 e. The molecule has 0 aromatic carbocycles. The maximum atomic E-state index is 12.8. The van der Waals surface area contributed by atoms with E-state index in [0.717, 1.165) is 116 Å². The molecule has 2 atom stereocenters. The van der Waals surface area contributed by atoms with Gasteiger partial charge in [0.15, 0.2) is 0 Å². The van der Waals surface area contributed by atoms with E-state index in [4.69, 9.17) is 14.9 Å². The Labute approximate surface area is 371 Å². The molecule has 0 aromatic heterocycles. The molecule has 0 heterocycles. The first-order valence-electron chi connectivity index (χ1n) is 24.0. The third-order valence-electron chi connectivity index (χ3n) is 10.1. The number of aliphatic hydroxyl groups excluding tert-OH is 1. The van der Waals surface area contributed by atoms with Crippen LogP contribution in [-0.2, 0) is 23.9 Å². The lowest BCUT2D eigenvalue weighted by atomic mass is 10.0. The summed E-state index contributed by atoms with van der Waals surface area (Å²) in [5, 5.41) is 22.5. The number of ether oxygens (including phenoxy) is 1. The van der Waals surface area contributed by atoms with E-state index in [0.29, 0.717) is 19.3 Å². The highest BCUT2D eigenvalue weighted by atomic mass is 16.5. The van der Waals surface area contributed by atoms with Crippen molar-refractivity contribution in [3.05, 3.63) is 85.1 Å². The third-order valence-corrected chi connectivity index (χ3v) is 10.1. The molecule has 2 amide bonds.